The van der Waals surface area contributed by atoms with Crippen molar-refractivity contribution in [1.29, 1.82) is 0 Å². The summed E-state index contributed by atoms with van der Waals surface area (Å²) in [6.45, 7) is 0. The van der Waals surface area contributed by atoms with E-state index in [1.165, 1.54) is 13.2 Å². The van der Waals surface area contributed by atoms with Crippen molar-refractivity contribution in [3.05, 3.63) is 17.4 Å². The van der Waals surface area contributed by atoms with Crippen LogP contribution in [0.2, 0.25) is 0 Å². The smallest absolute Gasteiger partial charge is 0.330 e. The molecule has 90 valence electrons. The van der Waals surface area contributed by atoms with E-state index in [1.807, 2.05) is 0 Å². The second-order valence-corrected chi connectivity index (χ2v) is 3.60. The van der Waals surface area contributed by atoms with E-state index in [2.05, 4.69) is 9.62 Å². The van der Waals surface area contributed by atoms with Gasteiger partial charge in [0, 0.05) is 25.0 Å². The molecule has 1 aliphatic carbocycles. The van der Waals surface area contributed by atoms with Crippen molar-refractivity contribution in [2.75, 3.05) is 7.11 Å². The second-order valence-electron chi connectivity index (χ2n) is 3.60. The Hall–Kier alpha value is -1.40. The molecule has 1 fully saturated rings. The molecule has 0 aliphatic heterocycles. The summed E-state index contributed by atoms with van der Waals surface area (Å²) >= 11 is 0. The van der Waals surface area contributed by atoms with E-state index in [4.69, 9.17) is 5.26 Å². The Bertz CT molecular complexity index is 304. The molecule has 16 heavy (non-hydrogen) atoms. The lowest BCUT2D eigenvalue weighted by Crippen LogP contribution is -2.39. The molecule has 0 aromatic carbocycles. The van der Waals surface area contributed by atoms with Gasteiger partial charge in [0.1, 0.15) is 0 Å². The Balaban J connectivity index is 2.68. The number of hydrogen-bond acceptors (Lipinski definition) is 5. The molecule has 0 heterocycles. The molecular formula is C10H15NO5. The molecule has 1 aliphatic rings. The number of allylic oxidation sites excluding steroid dienone is 1. The zero-order valence-electron chi connectivity index (χ0n) is 9.09. The van der Waals surface area contributed by atoms with Gasteiger partial charge in [-0.05, 0) is 12.8 Å². The standard InChI is InChI=1S/C10H15NO5/c1-15-9(12)5-4-8-11(13)10(16-14)6-2-3-7-10/h4-5,8,14H,2-3,6-7H2,1H3/b5-4-,11-8-. The molecule has 0 radical (unpaired) electrons. The summed E-state index contributed by atoms with van der Waals surface area (Å²) in [7, 11) is 1.25. The molecule has 0 aromatic heterocycles. The third-order valence-electron chi connectivity index (χ3n) is 2.61. The predicted octanol–water partition coefficient (Wildman–Crippen LogP) is 1.06. The zero-order valence-corrected chi connectivity index (χ0v) is 9.09. The summed E-state index contributed by atoms with van der Waals surface area (Å²) in [4.78, 5) is 15.0. The van der Waals surface area contributed by atoms with Crippen LogP contribution in [-0.4, -0.2) is 35.0 Å². The summed E-state index contributed by atoms with van der Waals surface area (Å²) < 4.78 is 4.89. The van der Waals surface area contributed by atoms with E-state index in [1.54, 1.807) is 0 Å². The molecule has 1 N–H and O–H groups in total. The van der Waals surface area contributed by atoms with E-state index in [-0.39, 0.29) is 0 Å². The molecule has 0 atom stereocenters. The van der Waals surface area contributed by atoms with Crippen LogP contribution in [0, 0.1) is 5.21 Å². The topological polar surface area (TPSA) is 81.8 Å². The average molecular weight is 229 g/mol. The number of carbonyl (C=O) groups excluding carboxylic acids is 1. The van der Waals surface area contributed by atoms with Gasteiger partial charge in [0.2, 0.25) is 0 Å². The third kappa shape index (κ3) is 2.80. The highest BCUT2D eigenvalue weighted by Crippen LogP contribution is 2.32. The number of rotatable bonds is 4. The van der Waals surface area contributed by atoms with E-state index in [9.17, 15) is 10.0 Å². The number of hydrogen-bond donors (Lipinski definition) is 1. The molecule has 0 saturated heterocycles. The number of nitrogens with zero attached hydrogens (tertiary/aromatic N) is 1. The fourth-order valence-electron chi connectivity index (χ4n) is 1.68. The van der Waals surface area contributed by atoms with Gasteiger partial charge in [-0.3, -0.25) is 0 Å². The fraction of sp³-hybridized carbons (Fsp3) is 0.600. The molecule has 1 rings (SSSR count). The maximum atomic E-state index is 11.6. The van der Waals surface area contributed by atoms with Crippen molar-refractivity contribution in [3.63, 3.8) is 0 Å². The SMILES string of the molecule is COC(=O)/C=C\C=[N+](/[O-])C1(OO)CCCC1. The highest BCUT2D eigenvalue weighted by Gasteiger charge is 2.43. The van der Waals surface area contributed by atoms with Crippen LogP contribution in [0.3, 0.4) is 0 Å². The fourth-order valence-corrected chi connectivity index (χ4v) is 1.68. The Morgan fingerprint density at radius 1 is 1.50 bits per heavy atom. The highest BCUT2D eigenvalue weighted by atomic mass is 17.1. The monoisotopic (exact) mass is 229 g/mol. The lowest BCUT2D eigenvalue weighted by molar-refractivity contribution is -0.651. The van der Waals surface area contributed by atoms with Crippen LogP contribution >= 0.6 is 0 Å². The number of ether oxygens (including phenoxy) is 1. The Kier molecular flexibility index (Phi) is 4.45. The van der Waals surface area contributed by atoms with Crippen LogP contribution in [0.4, 0.5) is 0 Å². The molecule has 0 aromatic rings. The van der Waals surface area contributed by atoms with Crippen LogP contribution in [0.5, 0.6) is 0 Å². The second kappa shape index (κ2) is 5.62. The van der Waals surface area contributed by atoms with Crippen molar-refractivity contribution in [3.8, 4) is 0 Å². The number of hydroxylamine groups is 1. The van der Waals surface area contributed by atoms with E-state index in [0.717, 1.165) is 25.1 Å². The van der Waals surface area contributed by atoms with Crippen LogP contribution < -0.4 is 0 Å². The molecular weight excluding hydrogens is 214 g/mol. The van der Waals surface area contributed by atoms with Crippen LogP contribution in [0.1, 0.15) is 25.7 Å². The highest BCUT2D eigenvalue weighted by molar-refractivity contribution is 5.86. The summed E-state index contributed by atoms with van der Waals surface area (Å²) in [5.41, 5.74) is -1.19. The minimum Gasteiger partial charge on any atom is -0.622 e. The Morgan fingerprint density at radius 3 is 2.62 bits per heavy atom. The third-order valence-corrected chi connectivity index (χ3v) is 2.61. The molecule has 6 heteroatoms. The van der Waals surface area contributed by atoms with Gasteiger partial charge in [0.05, 0.1) is 7.11 Å². The summed E-state index contributed by atoms with van der Waals surface area (Å²) in [6, 6.07) is 0. The lowest BCUT2D eigenvalue weighted by atomic mass is 10.2. The summed E-state index contributed by atoms with van der Waals surface area (Å²) in [6.07, 6.45) is 6.11. The summed E-state index contributed by atoms with van der Waals surface area (Å²) in [5, 5.41) is 20.4. The van der Waals surface area contributed by atoms with Gasteiger partial charge in [0.15, 0.2) is 6.21 Å². The summed E-state index contributed by atoms with van der Waals surface area (Å²) in [5.74, 6) is -0.546. The van der Waals surface area contributed by atoms with Crippen molar-refractivity contribution in [1.82, 2.24) is 0 Å². The van der Waals surface area contributed by atoms with Gasteiger partial charge in [-0.2, -0.15) is 9.63 Å². The van der Waals surface area contributed by atoms with Gasteiger partial charge in [-0.25, -0.2) is 10.1 Å². The van der Waals surface area contributed by atoms with Crippen molar-refractivity contribution in [2.24, 2.45) is 0 Å². The molecule has 0 bridgehead atoms. The van der Waals surface area contributed by atoms with Gasteiger partial charge in [-0.1, -0.05) is 0 Å². The first-order valence-corrected chi connectivity index (χ1v) is 5.03. The molecule has 1 saturated carbocycles. The van der Waals surface area contributed by atoms with Crippen molar-refractivity contribution < 1.29 is 24.4 Å². The van der Waals surface area contributed by atoms with Crippen molar-refractivity contribution in [2.45, 2.75) is 31.4 Å². The molecule has 0 amide bonds. The van der Waals surface area contributed by atoms with E-state index < -0.39 is 11.7 Å². The maximum absolute atomic E-state index is 11.6. The quantitative estimate of drug-likeness (QED) is 0.114. The molecule has 0 unspecified atom stereocenters. The predicted molar refractivity (Wildman–Crippen MR) is 55.8 cm³/mol. The number of carbonyl (C=O) groups is 1. The van der Waals surface area contributed by atoms with Crippen LogP contribution in [0.25, 0.3) is 0 Å². The largest absolute Gasteiger partial charge is 0.622 e. The van der Waals surface area contributed by atoms with Gasteiger partial charge >= 0.3 is 11.7 Å². The Labute approximate surface area is 93.3 Å². The van der Waals surface area contributed by atoms with Crippen LogP contribution in [-0.2, 0) is 14.4 Å². The van der Waals surface area contributed by atoms with Crippen LogP contribution in [0.15, 0.2) is 12.2 Å². The van der Waals surface area contributed by atoms with Gasteiger partial charge in [0.25, 0.3) is 0 Å². The number of methoxy groups -OCH3 is 1. The van der Waals surface area contributed by atoms with E-state index in [0.29, 0.717) is 17.6 Å². The lowest BCUT2D eigenvalue weighted by Gasteiger charge is -2.22. The first-order chi connectivity index (χ1) is 7.64. The van der Waals surface area contributed by atoms with E-state index >= 15 is 0 Å². The number of esters is 1. The average Bonchev–Trinajstić information content (AvgIpc) is 2.78. The first-order valence-electron chi connectivity index (χ1n) is 5.03. The normalized spacial score (nSPS) is 20.2. The Morgan fingerprint density at radius 2 is 2.12 bits per heavy atom. The maximum Gasteiger partial charge on any atom is 0.330 e. The van der Waals surface area contributed by atoms with Gasteiger partial charge in [-0.15, -0.1) is 0 Å². The van der Waals surface area contributed by atoms with Gasteiger partial charge < -0.3 is 9.94 Å². The molecule has 6 nitrogen and oxygen atoms in total. The first kappa shape index (κ1) is 12.7. The minimum absolute atomic E-state index is 0.468. The zero-order chi connectivity index (χ0) is 12.0. The minimum atomic E-state index is -1.19. The molecule has 0 spiro atoms. The van der Waals surface area contributed by atoms with Crippen molar-refractivity contribution >= 4 is 12.2 Å².